The van der Waals surface area contributed by atoms with Gasteiger partial charge in [-0.05, 0) is 6.07 Å². The fourth-order valence-electron chi connectivity index (χ4n) is 1.03. The molecule has 0 fully saturated rings. The molecule has 0 atom stereocenters. The molecule has 1 N–H and O–H groups in total. The normalized spacial score (nSPS) is 12.0. The summed E-state index contributed by atoms with van der Waals surface area (Å²) in [4.78, 5) is 4.23. The topological polar surface area (TPSA) is 39.1 Å². The van der Waals surface area contributed by atoms with E-state index in [4.69, 9.17) is 0 Å². The summed E-state index contributed by atoms with van der Waals surface area (Å²) >= 11 is 0. The van der Waals surface area contributed by atoms with E-state index in [0.717, 1.165) is 5.69 Å². The van der Waals surface area contributed by atoms with Gasteiger partial charge < -0.3 is 0 Å². The first-order valence-electron chi connectivity index (χ1n) is 4.37. The largest absolute Gasteiger partial charge is 0.413 e. The van der Waals surface area contributed by atoms with Gasteiger partial charge in [0, 0.05) is 31.9 Å². The number of nitrogens with one attached hydrogen (secondary N) is 1. The van der Waals surface area contributed by atoms with Crippen molar-refractivity contribution in [1.82, 2.24) is 15.3 Å². The highest BCUT2D eigenvalue weighted by Gasteiger charge is 2.27. The van der Waals surface area contributed by atoms with Gasteiger partial charge in [-0.1, -0.05) is 0 Å². The van der Waals surface area contributed by atoms with E-state index in [0.29, 0.717) is 13.0 Å². The maximum Gasteiger partial charge on any atom is 0.413 e. The lowest BCUT2D eigenvalue weighted by molar-refractivity contribution is -0.189. The van der Waals surface area contributed by atoms with Crippen LogP contribution in [0.4, 0.5) is 13.2 Å². The Morgan fingerprint density at radius 3 is 2.80 bits per heavy atom. The molecule has 0 saturated carbocycles. The molecule has 1 rings (SSSR count). The highest BCUT2D eigenvalue weighted by Crippen LogP contribution is 2.13. The fourth-order valence-corrected chi connectivity index (χ4v) is 1.03. The van der Waals surface area contributed by atoms with E-state index in [1.807, 2.05) is 0 Å². The molecule has 1 aromatic rings. The SMILES string of the molecule is Cn1nccc1CCNOCC(F)(F)F. The highest BCUT2D eigenvalue weighted by molar-refractivity contribution is 4.99. The lowest BCUT2D eigenvalue weighted by atomic mass is 10.3. The van der Waals surface area contributed by atoms with Crippen molar-refractivity contribution in [3.8, 4) is 0 Å². The predicted molar refractivity (Wildman–Crippen MR) is 46.9 cm³/mol. The minimum atomic E-state index is -4.29. The van der Waals surface area contributed by atoms with Gasteiger partial charge in [0.15, 0.2) is 6.61 Å². The summed E-state index contributed by atoms with van der Waals surface area (Å²) in [6.07, 6.45) is -2.10. The first-order valence-corrected chi connectivity index (χ1v) is 4.37. The Labute approximate surface area is 85.0 Å². The fraction of sp³-hybridized carbons (Fsp3) is 0.625. The van der Waals surface area contributed by atoms with Crippen LogP contribution in [0.15, 0.2) is 12.3 Å². The molecule has 0 amide bonds. The summed E-state index contributed by atoms with van der Waals surface area (Å²) in [7, 11) is 1.77. The molecule has 0 aliphatic rings. The minimum absolute atomic E-state index is 0.315. The van der Waals surface area contributed by atoms with Crippen LogP contribution in [0.1, 0.15) is 5.69 Å². The third-order valence-corrected chi connectivity index (χ3v) is 1.74. The summed E-state index contributed by atoms with van der Waals surface area (Å²) in [5.41, 5.74) is 3.18. The zero-order valence-corrected chi connectivity index (χ0v) is 8.21. The number of halogens is 3. The van der Waals surface area contributed by atoms with Crippen LogP contribution in [0, 0.1) is 0 Å². The van der Waals surface area contributed by atoms with E-state index >= 15 is 0 Å². The summed E-state index contributed by atoms with van der Waals surface area (Å²) in [5, 5.41) is 3.92. The summed E-state index contributed by atoms with van der Waals surface area (Å²) in [6, 6.07) is 1.80. The first-order chi connectivity index (χ1) is 6.99. The van der Waals surface area contributed by atoms with Crippen molar-refractivity contribution in [2.45, 2.75) is 12.6 Å². The van der Waals surface area contributed by atoms with Crippen molar-refractivity contribution in [1.29, 1.82) is 0 Å². The molecule has 4 nitrogen and oxygen atoms in total. The Bertz CT molecular complexity index is 298. The molecular weight excluding hydrogens is 211 g/mol. The van der Waals surface area contributed by atoms with Crippen LogP contribution in [0.25, 0.3) is 0 Å². The predicted octanol–water partition coefficient (Wildman–Crippen LogP) is 1.05. The molecule has 0 bridgehead atoms. The molecule has 0 radical (unpaired) electrons. The van der Waals surface area contributed by atoms with E-state index in [9.17, 15) is 13.2 Å². The van der Waals surface area contributed by atoms with Gasteiger partial charge >= 0.3 is 6.18 Å². The molecule has 0 saturated heterocycles. The summed E-state index contributed by atoms with van der Waals surface area (Å²) in [6.45, 7) is -0.964. The van der Waals surface area contributed by atoms with Crippen molar-refractivity contribution in [3.63, 3.8) is 0 Å². The van der Waals surface area contributed by atoms with E-state index in [2.05, 4.69) is 15.4 Å². The van der Waals surface area contributed by atoms with E-state index < -0.39 is 12.8 Å². The van der Waals surface area contributed by atoms with Crippen molar-refractivity contribution in [3.05, 3.63) is 18.0 Å². The third kappa shape index (κ3) is 4.80. The van der Waals surface area contributed by atoms with Crippen LogP contribution >= 0.6 is 0 Å². The van der Waals surface area contributed by atoms with Gasteiger partial charge in [0.1, 0.15) is 0 Å². The molecule has 1 aromatic heterocycles. The summed E-state index contributed by atoms with van der Waals surface area (Å²) in [5.74, 6) is 0. The zero-order chi connectivity index (χ0) is 11.3. The van der Waals surface area contributed by atoms with Gasteiger partial charge in [-0.15, -0.1) is 0 Å². The van der Waals surface area contributed by atoms with Gasteiger partial charge in [-0.25, -0.2) is 5.48 Å². The highest BCUT2D eigenvalue weighted by atomic mass is 19.4. The lowest BCUT2D eigenvalue weighted by Gasteiger charge is -2.08. The van der Waals surface area contributed by atoms with Crippen LogP contribution in [-0.4, -0.2) is 29.1 Å². The van der Waals surface area contributed by atoms with Gasteiger partial charge in [0.2, 0.25) is 0 Å². The van der Waals surface area contributed by atoms with Crippen LogP contribution in [-0.2, 0) is 18.3 Å². The number of hydroxylamine groups is 1. The number of alkyl halides is 3. The molecule has 1 heterocycles. The Morgan fingerprint density at radius 2 is 2.27 bits per heavy atom. The quantitative estimate of drug-likeness (QED) is 0.599. The Hall–Kier alpha value is -1.08. The van der Waals surface area contributed by atoms with Crippen LogP contribution in [0.5, 0.6) is 0 Å². The van der Waals surface area contributed by atoms with E-state index in [1.54, 1.807) is 24.0 Å². The molecule has 0 aliphatic carbocycles. The second-order valence-corrected chi connectivity index (χ2v) is 2.99. The van der Waals surface area contributed by atoms with Crippen LogP contribution in [0.3, 0.4) is 0 Å². The van der Waals surface area contributed by atoms with Crippen molar-refractivity contribution in [2.24, 2.45) is 7.05 Å². The molecule has 15 heavy (non-hydrogen) atoms. The van der Waals surface area contributed by atoms with Crippen molar-refractivity contribution < 1.29 is 18.0 Å². The molecule has 86 valence electrons. The molecule has 0 aliphatic heterocycles. The average Bonchev–Trinajstić information content (AvgIpc) is 2.49. The minimum Gasteiger partial charge on any atom is -0.292 e. The van der Waals surface area contributed by atoms with E-state index in [-0.39, 0.29) is 0 Å². The second kappa shape index (κ2) is 5.13. The number of aromatic nitrogens is 2. The van der Waals surface area contributed by atoms with E-state index in [1.165, 1.54) is 0 Å². The standard InChI is InChI=1S/C8H12F3N3O/c1-14-7(2-4-12-14)3-5-13-15-6-8(9,10)11/h2,4,13H,3,5-6H2,1H3. The molecule has 0 aromatic carbocycles. The zero-order valence-electron chi connectivity index (χ0n) is 8.21. The van der Waals surface area contributed by atoms with Crippen molar-refractivity contribution >= 4 is 0 Å². The van der Waals surface area contributed by atoms with Crippen LogP contribution in [0.2, 0.25) is 0 Å². The number of hydrogen-bond acceptors (Lipinski definition) is 3. The monoisotopic (exact) mass is 223 g/mol. The molecule has 0 unspecified atom stereocenters. The molecule has 7 heteroatoms. The maximum absolute atomic E-state index is 11.6. The van der Waals surface area contributed by atoms with Gasteiger partial charge in [0.25, 0.3) is 0 Å². The number of rotatable bonds is 5. The maximum atomic E-state index is 11.6. The number of aryl methyl sites for hydroxylation is 1. The van der Waals surface area contributed by atoms with Gasteiger partial charge in [-0.2, -0.15) is 18.3 Å². The van der Waals surface area contributed by atoms with Gasteiger partial charge in [-0.3, -0.25) is 9.52 Å². The van der Waals surface area contributed by atoms with Gasteiger partial charge in [0.05, 0.1) is 0 Å². The Balaban J connectivity index is 2.10. The third-order valence-electron chi connectivity index (χ3n) is 1.74. The molecule has 0 spiro atoms. The smallest absolute Gasteiger partial charge is 0.292 e. The number of hydrogen-bond donors (Lipinski definition) is 1. The van der Waals surface area contributed by atoms with Crippen LogP contribution < -0.4 is 5.48 Å². The Morgan fingerprint density at radius 1 is 1.53 bits per heavy atom. The number of nitrogens with zero attached hydrogens (tertiary/aromatic N) is 2. The van der Waals surface area contributed by atoms with Crippen molar-refractivity contribution in [2.75, 3.05) is 13.2 Å². The first kappa shape index (κ1) is 12.0. The molecular formula is C8H12F3N3O. The lowest BCUT2D eigenvalue weighted by Crippen LogP contribution is -2.26. The summed E-state index contributed by atoms with van der Waals surface area (Å²) < 4.78 is 36.6. The second-order valence-electron chi connectivity index (χ2n) is 2.99. The Kier molecular flexibility index (Phi) is 4.10. The average molecular weight is 223 g/mol.